The van der Waals surface area contributed by atoms with Gasteiger partial charge in [0.1, 0.15) is 11.4 Å². The Morgan fingerprint density at radius 1 is 1.42 bits per heavy atom. The van der Waals surface area contributed by atoms with Gasteiger partial charge in [0.25, 0.3) is 0 Å². The predicted molar refractivity (Wildman–Crippen MR) is 68.7 cm³/mol. The van der Waals surface area contributed by atoms with Crippen LogP contribution in [0.4, 0.5) is 10.6 Å². The van der Waals surface area contributed by atoms with Gasteiger partial charge < -0.3 is 14.6 Å². The molecule has 0 aliphatic heterocycles. The van der Waals surface area contributed by atoms with E-state index in [1.807, 2.05) is 6.92 Å². The maximum atomic E-state index is 11.5. The summed E-state index contributed by atoms with van der Waals surface area (Å²) in [7, 11) is 0. The van der Waals surface area contributed by atoms with Crippen molar-refractivity contribution in [1.29, 1.82) is 0 Å². The van der Waals surface area contributed by atoms with E-state index in [0.29, 0.717) is 12.3 Å². The molecule has 7 heteroatoms. The second-order valence-electron chi connectivity index (χ2n) is 4.94. The van der Waals surface area contributed by atoms with E-state index in [2.05, 4.69) is 15.8 Å². The first-order chi connectivity index (χ1) is 8.80. The second kappa shape index (κ2) is 6.21. The Morgan fingerprint density at radius 2 is 2.11 bits per heavy atom. The topological polar surface area (TPSA) is 93.5 Å². The lowest BCUT2D eigenvalue weighted by atomic mass is 10.2. The number of nitrogens with one attached hydrogen (secondary N) is 2. The zero-order valence-corrected chi connectivity index (χ0v) is 11.6. The lowest BCUT2D eigenvalue weighted by molar-refractivity contribution is -0.120. The molecule has 0 saturated carbocycles. The van der Waals surface area contributed by atoms with Crippen molar-refractivity contribution in [3.63, 3.8) is 0 Å². The number of rotatable bonds is 4. The number of anilines is 1. The molecule has 1 heterocycles. The maximum absolute atomic E-state index is 11.5. The third-order valence-corrected chi connectivity index (χ3v) is 1.90. The summed E-state index contributed by atoms with van der Waals surface area (Å²) in [5.41, 5.74) is -0.586. The molecule has 0 fully saturated rings. The van der Waals surface area contributed by atoms with E-state index >= 15 is 0 Å². The summed E-state index contributed by atoms with van der Waals surface area (Å²) in [5, 5.41) is 8.70. The van der Waals surface area contributed by atoms with Gasteiger partial charge in [-0.1, -0.05) is 5.16 Å². The molecule has 1 rings (SSSR count). The zero-order chi connectivity index (χ0) is 14.5. The molecule has 0 spiro atoms. The minimum atomic E-state index is -0.620. The van der Waals surface area contributed by atoms with Crippen molar-refractivity contribution in [1.82, 2.24) is 10.5 Å². The summed E-state index contributed by atoms with van der Waals surface area (Å²) in [6.45, 7) is 7.66. The van der Waals surface area contributed by atoms with Gasteiger partial charge in [0.2, 0.25) is 5.91 Å². The van der Waals surface area contributed by atoms with Gasteiger partial charge in [0, 0.05) is 12.6 Å². The number of carbonyl (C=O) groups excluding carboxylic acids is 2. The first-order valence-electron chi connectivity index (χ1n) is 6.02. The number of likely N-dealkylation sites (N-methyl/N-ethyl adjacent to an activating group) is 1. The van der Waals surface area contributed by atoms with Crippen molar-refractivity contribution in [2.45, 2.75) is 39.7 Å². The van der Waals surface area contributed by atoms with Gasteiger partial charge in [0.05, 0.1) is 6.42 Å². The minimum absolute atomic E-state index is 0.0802. The molecule has 0 aromatic carbocycles. The fraction of sp³-hybridized carbons (Fsp3) is 0.583. The first-order valence-corrected chi connectivity index (χ1v) is 6.02. The second-order valence-corrected chi connectivity index (χ2v) is 4.94. The lowest BCUT2D eigenvalue weighted by Crippen LogP contribution is -2.27. The molecule has 2 N–H and O–H groups in total. The van der Waals surface area contributed by atoms with Crippen molar-refractivity contribution < 1.29 is 18.8 Å². The predicted octanol–water partition coefficient (Wildman–Crippen LogP) is 1.70. The fourth-order valence-corrected chi connectivity index (χ4v) is 1.28. The van der Waals surface area contributed by atoms with Crippen LogP contribution in [0.25, 0.3) is 0 Å². The number of hydrogen-bond acceptors (Lipinski definition) is 5. The normalized spacial score (nSPS) is 10.9. The van der Waals surface area contributed by atoms with Crippen LogP contribution >= 0.6 is 0 Å². The molecular formula is C12H19N3O4. The van der Waals surface area contributed by atoms with Gasteiger partial charge in [-0.05, 0) is 27.7 Å². The van der Waals surface area contributed by atoms with Crippen LogP contribution in [0.1, 0.15) is 33.5 Å². The first kappa shape index (κ1) is 15.0. The number of carbonyl (C=O) groups is 2. The smallest absolute Gasteiger partial charge is 0.413 e. The Kier molecular flexibility index (Phi) is 4.91. The summed E-state index contributed by atoms with van der Waals surface area (Å²) in [6, 6.07) is 1.49. The third kappa shape index (κ3) is 5.89. The largest absolute Gasteiger partial charge is 0.444 e. The monoisotopic (exact) mass is 269 g/mol. The molecule has 1 aromatic heterocycles. The van der Waals surface area contributed by atoms with Crippen LogP contribution < -0.4 is 10.6 Å². The molecule has 2 amide bonds. The maximum Gasteiger partial charge on any atom is 0.413 e. The Bertz CT molecular complexity index is 448. The average Bonchev–Trinajstić information content (AvgIpc) is 2.62. The Hall–Kier alpha value is -2.05. The Morgan fingerprint density at radius 3 is 2.68 bits per heavy atom. The molecule has 7 nitrogen and oxygen atoms in total. The highest BCUT2D eigenvalue weighted by atomic mass is 16.6. The lowest BCUT2D eigenvalue weighted by Gasteiger charge is -2.18. The summed E-state index contributed by atoms with van der Waals surface area (Å²) in [6.07, 6.45) is -0.540. The van der Waals surface area contributed by atoms with Gasteiger partial charge >= 0.3 is 6.09 Å². The van der Waals surface area contributed by atoms with Crippen molar-refractivity contribution in [2.75, 3.05) is 11.9 Å². The molecule has 1 aromatic rings. The van der Waals surface area contributed by atoms with Crippen LogP contribution in [0.3, 0.4) is 0 Å². The van der Waals surface area contributed by atoms with Crippen LogP contribution in [0.15, 0.2) is 10.6 Å². The SMILES string of the molecule is CCNC(=O)Cc1cc(NC(=O)OC(C)(C)C)no1. The van der Waals surface area contributed by atoms with Crippen molar-refractivity contribution in [3.05, 3.63) is 11.8 Å². The van der Waals surface area contributed by atoms with Gasteiger partial charge in [-0.15, -0.1) is 0 Å². The van der Waals surface area contributed by atoms with E-state index in [-0.39, 0.29) is 18.1 Å². The number of amides is 2. The highest BCUT2D eigenvalue weighted by molar-refractivity contribution is 5.84. The molecule has 0 aliphatic rings. The van der Waals surface area contributed by atoms with E-state index in [4.69, 9.17) is 9.26 Å². The molecule has 106 valence electrons. The zero-order valence-electron chi connectivity index (χ0n) is 11.6. The van der Waals surface area contributed by atoms with Gasteiger partial charge in [-0.25, -0.2) is 4.79 Å². The van der Waals surface area contributed by atoms with E-state index in [9.17, 15) is 9.59 Å². The van der Waals surface area contributed by atoms with E-state index < -0.39 is 11.7 Å². The summed E-state index contributed by atoms with van der Waals surface area (Å²) < 4.78 is 9.99. The number of ether oxygens (including phenoxy) is 1. The molecule has 0 bridgehead atoms. The Balaban J connectivity index is 2.51. The van der Waals surface area contributed by atoms with Crippen LogP contribution in [-0.4, -0.2) is 29.3 Å². The van der Waals surface area contributed by atoms with Crippen molar-refractivity contribution >= 4 is 17.8 Å². The molecule has 0 radical (unpaired) electrons. The van der Waals surface area contributed by atoms with Crippen LogP contribution in [0.2, 0.25) is 0 Å². The Labute approximate surface area is 111 Å². The van der Waals surface area contributed by atoms with Crippen molar-refractivity contribution in [2.24, 2.45) is 0 Å². The minimum Gasteiger partial charge on any atom is -0.444 e. The van der Waals surface area contributed by atoms with E-state index in [1.165, 1.54) is 6.07 Å². The van der Waals surface area contributed by atoms with Crippen LogP contribution in [0, 0.1) is 0 Å². The highest BCUT2D eigenvalue weighted by Crippen LogP contribution is 2.12. The van der Waals surface area contributed by atoms with Gasteiger partial charge in [-0.3, -0.25) is 10.1 Å². The van der Waals surface area contributed by atoms with E-state index in [0.717, 1.165) is 0 Å². The van der Waals surface area contributed by atoms with Crippen molar-refractivity contribution in [3.8, 4) is 0 Å². The quantitative estimate of drug-likeness (QED) is 0.867. The third-order valence-electron chi connectivity index (χ3n) is 1.90. The van der Waals surface area contributed by atoms with Gasteiger partial charge in [-0.2, -0.15) is 0 Å². The molecular weight excluding hydrogens is 250 g/mol. The number of nitrogens with zero attached hydrogens (tertiary/aromatic N) is 1. The molecule has 19 heavy (non-hydrogen) atoms. The average molecular weight is 269 g/mol. The molecule has 0 saturated heterocycles. The fourth-order valence-electron chi connectivity index (χ4n) is 1.28. The summed E-state index contributed by atoms with van der Waals surface area (Å²) in [4.78, 5) is 22.8. The van der Waals surface area contributed by atoms with Crippen LogP contribution in [0.5, 0.6) is 0 Å². The number of aromatic nitrogens is 1. The van der Waals surface area contributed by atoms with Gasteiger partial charge in [0.15, 0.2) is 5.82 Å². The highest BCUT2D eigenvalue weighted by Gasteiger charge is 2.17. The summed E-state index contributed by atoms with van der Waals surface area (Å²) >= 11 is 0. The van der Waals surface area contributed by atoms with E-state index in [1.54, 1.807) is 20.8 Å². The molecule has 0 unspecified atom stereocenters. The summed E-state index contributed by atoms with van der Waals surface area (Å²) in [5.74, 6) is 0.424. The molecule has 0 atom stereocenters. The standard InChI is InChI=1S/C12H19N3O4/c1-5-13-10(16)7-8-6-9(15-19-8)14-11(17)18-12(2,3)4/h6H,5,7H2,1-4H3,(H,13,16)(H,14,15,17). The molecule has 0 aliphatic carbocycles. The number of hydrogen-bond donors (Lipinski definition) is 2. The van der Waals surface area contributed by atoms with Crippen LogP contribution in [-0.2, 0) is 16.0 Å².